The number of piperidine rings is 1. The first-order chi connectivity index (χ1) is 12.8. The Morgan fingerprint density at radius 3 is 2.69 bits per heavy atom. The van der Waals surface area contributed by atoms with Gasteiger partial charge in [0.2, 0.25) is 0 Å². The van der Waals surface area contributed by atoms with Crippen LogP contribution in [-0.4, -0.2) is 45.3 Å². The molecule has 1 saturated carbocycles. The Morgan fingerprint density at radius 1 is 1.12 bits per heavy atom. The standard InChI is InChI=1S/C19H22N6O/c1-13-10-17(21-12-20-13)25(15-2-3-15)16-4-7-24(8-5-16)19-18-14(6-9-26-18)11-22-23-19/h6,9-12,15-16H,2-5,7-8H2,1H3. The summed E-state index contributed by atoms with van der Waals surface area (Å²) in [5.74, 6) is 1.94. The molecule has 5 rings (SSSR count). The number of nitrogens with zero attached hydrogens (tertiary/aromatic N) is 6. The summed E-state index contributed by atoms with van der Waals surface area (Å²) < 4.78 is 5.64. The highest BCUT2D eigenvalue weighted by Crippen LogP contribution is 2.36. The first-order valence-corrected chi connectivity index (χ1v) is 9.30. The fraction of sp³-hybridized carbons (Fsp3) is 0.474. The maximum absolute atomic E-state index is 5.64. The smallest absolute Gasteiger partial charge is 0.195 e. The molecule has 1 aliphatic heterocycles. The second-order valence-corrected chi connectivity index (χ2v) is 7.25. The molecule has 3 aromatic rings. The predicted octanol–water partition coefficient (Wildman–Crippen LogP) is 2.96. The van der Waals surface area contributed by atoms with Crippen LogP contribution >= 0.6 is 0 Å². The van der Waals surface area contributed by atoms with Crippen molar-refractivity contribution in [3.63, 3.8) is 0 Å². The molecule has 1 aliphatic carbocycles. The summed E-state index contributed by atoms with van der Waals surface area (Å²) in [4.78, 5) is 13.6. The highest BCUT2D eigenvalue weighted by atomic mass is 16.3. The van der Waals surface area contributed by atoms with Gasteiger partial charge < -0.3 is 14.2 Å². The second kappa shape index (κ2) is 6.23. The summed E-state index contributed by atoms with van der Waals surface area (Å²) in [5, 5.41) is 9.48. The topological polar surface area (TPSA) is 71.2 Å². The largest absolute Gasteiger partial charge is 0.460 e. The zero-order valence-electron chi connectivity index (χ0n) is 14.9. The molecule has 2 fully saturated rings. The Hall–Kier alpha value is -2.70. The molecule has 26 heavy (non-hydrogen) atoms. The molecule has 3 aromatic heterocycles. The van der Waals surface area contributed by atoms with Crippen LogP contribution < -0.4 is 9.80 Å². The average molecular weight is 350 g/mol. The third-order valence-electron chi connectivity index (χ3n) is 5.40. The van der Waals surface area contributed by atoms with E-state index < -0.39 is 0 Å². The van der Waals surface area contributed by atoms with E-state index in [1.807, 2.05) is 13.0 Å². The van der Waals surface area contributed by atoms with Crippen molar-refractivity contribution < 1.29 is 4.42 Å². The Morgan fingerprint density at radius 2 is 1.92 bits per heavy atom. The highest BCUT2D eigenvalue weighted by molar-refractivity contribution is 5.86. The Labute approximate surface area is 152 Å². The van der Waals surface area contributed by atoms with Crippen LogP contribution in [0.25, 0.3) is 11.0 Å². The maximum atomic E-state index is 5.64. The minimum Gasteiger partial charge on any atom is -0.460 e. The van der Waals surface area contributed by atoms with Gasteiger partial charge in [-0.3, -0.25) is 0 Å². The SMILES string of the molecule is Cc1cc(N(C2CC2)C2CCN(c3nncc4ccoc34)CC2)ncn1. The van der Waals surface area contributed by atoms with Crippen LogP contribution in [0.3, 0.4) is 0 Å². The summed E-state index contributed by atoms with van der Waals surface area (Å²) >= 11 is 0. The highest BCUT2D eigenvalue weighted by Gasteiger charge is 2.37. The predicted molar refractivity (Wildman–Crippen MR) is 99.3 cm³/mol. The van der Waals surface area contributed by atoms with Gasteiger partial charge in [-0.25, -0.2) is 9.97 Å². The van der Waals surface area contributed by atoms with Gasteiger partial charge in [-0.2, -0.15) is 5.10 Å². The van der Waals surface area contributed by atoms with Crippen LogP contribution in [0.15, 0.2) is 35.3 Å². The first kappa shape index (κ1) is 15.5. The summed E-state index contributed by atoms with van der Waals surface area (Å²) in [6.45, 7) is 3.93. The lowest BCUT2D eigenvalue weighted by Gasteiger charge is -2.39. The molecule has 7 heteroatoms. The van der Waals surface area contributed by atoms with Gasteiger partial charge in [0.05, 0.1) is 12.5 Å². The lowest BCUT2D eigenvalue weighted by atomic mass is 10.0. The Bertz CT molecular complexity index is 913. The van der Waals surface area contributed by atoms with Crippen LogP contribution in [0.1, 0.15) is 31.4 Å². The molecule has 0 unspecified atom stereocenters. The number of aromatic nitrogens is 4. The van der Waals surface area contributed by atoms with Gasteiger partial charge in [0.1, 0.15) is 12.1 Å². The normalized spacial score (nSPS) is 18.4. The summed E-state index contributed by atoms with van der Waals surface area (Å²) in [7, 11) is 0. The van der Waals surface area contributed by atoms with Crippen LogP contribution in [-0.2, 0) is 0 Å². The monoisotopic (exact) mass is 350 g/mol. The summed E-state index contributed by atoms with van der Waals surface area (Å²) in [6, 6.07) is 5.19. The van der Waals surface area contributed by atoms with E-state index >= 15 is 0 Å². The molecule has 0 N–H and O–H groups in total. The number of hydrogen-bond donors (Lipinski definition) is 0. The Kier molecular flexibility index (Phi) is 3.72. The number of furan rings is 1. The van der Waals surface area contributed by atoms with Gasteiger partial charge in [0, 0.05) is 42.3 Å². The van der Waals surface area contributed by atoms with Gasteiger partial charge in [-0.05, 0) is 38.7 Å². The zero-order chi connectivity index (χ0) is 17.5. The minimum atomic E-state index is 0.511. The molecule has 134 valence electrons. The fourth-order valence-electron chi connectivity index (χ4n) is 3.96. The summed E-state index contributed by atoms with van der Waals surface area (Å²) in [6.07, 6.45) is 9.83. The molecule has 0 amide bonds. The van der Waals surface area contributed by atoms with E-state index in [4.69, 9.17) is 4.42 Å². The molecule has 0 radical (unpaired) electrons. The molecular formula is C19H22N6O. The molecule has 0 atom stereocenters. The molecule has 1 saturated heterocycles. The summed E-state index contributed by atoms with van der Waals surface area (Å²) in [5.41, 5.74) is 1.86. The molecule has 0 aromatic carbocycles. The van der Waals surface area contributed by atoms with Gasteiger partial charge in [0.25, 0.3) is 0 Å². The molecule has 0 spiro atoms. The zero-order valence-corrected chi connectivity index (χ0v) is 14.9. The van der Waals surface area contributed by atoms with Crippen LogP contribution in [0.2, 0.25) is 0 Å². The van der Waals surface area contributed by atoms with E-state index in [9.17, 15) is 0 Å². The average Bonchev–Trinajstić information content (AvgIpc) is 3.37. The van der Waals surface area contributed by atoms with Gasteiger partial charge >= 0.3 is 0 Å². The Balaban J connectivity index is 1.35. The third-order valence-corrected chi connectivity index (χ3v) is 5.40. The lowest BCUT2D eigenvalue weighted by molar-refractivity contribution is 0.455. The van der Waals surface area contributed by atoms with Crippen molar-refractivity contribution in [2.24, 2.45) is 0 Å². The van der Waals surface area contributed by atoms with Crippen molar-refractivity contribution in [3.8, 4) is 0 Å². The number of rotatable bonds is 4. The van der Waals surface area contributed by atoms with Crippen molar-refractivity contribution in [1.29, 1.82) is 0 Å². The first-order valence-electron chi connectivity index (χ1n) is 9.30. The number of hydrogen-bond acceptors (Lipinski definition) is 7. The fourth-order valence-corrected chi connectivity index (χ4v) is 3.96. The van der Waals surface area contributed by atoms with Crippen LogP contribution in [0, 0.1) is 6.92 Å². The third kappa shape index (κ3) is 2.77. The molecule has 4 heterocycles. The number of fused-ring (bicyclic) bond motifs is 1. The van der Waals surface area contributed by atoms with Crippen molar-refractivity contribution >= 4 is 22.6 Å². The van der Waals surface area contributed by atoms with E-state index in [0.29, 0.717) is 12.1 Å². The molecule has 2 aliphatic rings. The number of aryl methyl sites for hydroxylation is 1. The van der Waals surface area contributed by atoms with Gasteiger partial charge in [-0.15, -0.1) is 5.10 Å². The van der Waals surface area contributed by atoms with E-state index in [1.165, 1.54) is 12.8 Å². The lowest BCUT2D eigenvalue weighted by Crippen LogP contribution is -2.46. The van der Waals surface area contributed by atoms with E-state index in [2.05, 4.69) is 36.0 Å². The molecule has 0 bridgehead atoms. The van der Waals surface area contributed by atoms with Crippen LogP contribution in [0.4, 0.5) is 11.6 Å². The number of anilines is 2. The van der Waals surface area contributed by atoms with Crippen molar-refractivity contribution in [1.82, 2.24) is 20.2 Å². The van der Waals surface area contributed by atoms with Gasteiger partial charge in [0.15, 0.2) is 11.4 Å². The van der Waals surface area contributed by atoms with Crippen molar-refractivity contribution in [3.05, 3.63) is 36.6 Å². The quantitative estimate of drug-likeness (QED) is 0.716. The van der Waals surface area contributed by atoms with Crippen LogP contribution in [0.5, 0.6) is 0 Å². The van der Waals surface area contributed by atoms with E-state index in [-0.39, 0.29) is 0 Å². The van der Waals surface area contributed by atoms with Gasteiger partial charge in [-0.1, -0.05) is 0 Å². The van der Waals surface area contributed by atoms with E-state index in [1.54, 1.807) is 18.8 Å². The minimum absolute atomic E-state index is 0.511. The maximum Gasteiger partial charge on any atom is 0.195 e. The van der Waals surface area contributed by atoms with Crippen molar-refractivity contribution in [2.75, 3.05) is 22.9 Å². The van der Waals surface area contributed by atoms with E-state index in [0.717, 1.165) is 54.2 Å². The second-order valence-electron chi connectivity index (χ2n) is 7.25. The van der Waals surface area contributed by atoms with Crippen molar-refractivity contribution in [2.45, 2.75) is 44.7 Å². The molecular weight excluding hydrogens is 328 g/mol. The molecule has 7 nitrogen and oxygen atoms in total.